The normalized spacial score (nSPS) is 9.39. The Bertz CT molecular complexity index is 828. The Kier molecular flexibility index (Phi) is 5.86. The maximum atomic E-state index is 11.0. The summed E-state index contributed by atoms with van der Waals surface area (Å²) in [6.07, 6.45) is 1.22. The minimum atomic E-state index is -0.722. The van der Waals surface area contributed by atoms with Crippen LogP contribution in [-0.4, -0.2) is 56.7 Å². The first-order chi connectivity index (χ1) is 9.58. The van der Waals surface area contributed by atoms with E-state index in [9.17, 15) is 20.2 Å². The maximum absolute atomic E-state index is 11.0. The summed E-state index contributed by atoms with van der Waals surface area (Å²) in [6.45, 7) is 0. The molecule has 3 aromatic rings. The monoisotopic (exact) mass is 330 g/mol. The molecule has 0 spiro atoms. The summed E-state index contributed by atoms with van der Waals surface area (Å²) in [4.78, 5) is 20.4. The first-order valence-electron chi connectivity index (χ1n) is 5.12. The van der Waals surface area contributed by atoms with Crippen molar-refractivity contribution in [2.45, 2.75) is 0 Å². The van der Waals surface area contributed by atoms with Crippen LogP contribution < -0.4 is 0 Å². The third-order valence-corrected chi connectivity index (χ3v) is 2.58. The van der Waals surface area contributed by atoms with Crippen molar-refractivity contribution in [2.24, 2.45) is 0 Å². The van der Waals surface area contributed by atoms with Crippen LogP contribution in [0.3, 0.4) is 0 Å². The van der Waals surface area contributed by atoms with Gasteiger partial charge < -0.3 is 16.4 Å². The number of non-ortho nitro benzene ring substituents is 2. The second-order valence-corrected chi connectivity index (χ2v) is 3.68. The van der Waals surface area contributed by atoms with Gasteiger partial charge in [0.15, 0.2) is 0 Å². The molecular weight excluding hydrogens is 320 g/mol. The molecule has 3 rings (SSSR count). The lowest BCUT2D eigenvalue weighted by atomic mass is 10.2. The van der Waals surface area contributed by atoms with E-state index in [0.29, 0.717) is 0 Å². The van der Waals surface area contributed by atoms with E-state index in [-0.39, 0.29) is 33.3 Å². The lowest BCUT2D eigenvalue weighted by Gasteiger charge is -1.98. The number of nitro benzene ring substituents is 2. The first kappa shape index (κ1) is 19.4. The number of aromatic nitrogens is 6. The van der Waals surface area contributed by atoms with Crippen molar-refractivity contribution in [3.05, 3.63) is 38.6 Å². The standard InChI is InChI=1S/C8H4N8O4.3H2O/c17-15(18)4-1-6-5(7(2-4)16(19)20)3-9-14(6)8-10-12-13-11-8;;;/h1-3H,(H,10,11,12,13);3*1H2. The quantitative estimate of drug-likeness (QED) is 0.409. The molecule has 2 heterocycles. The molecule has 0 saturated heterocycles. The van der Waals surface area contributed by atoms with Gasteiger partial charge in [0.05, 0.1) is 33.0 Å². The molecular formula is C8H10N8O7. The summed E-state index contributed by atoms with van der Waals surface area (Å²) < 4.78 is 1.12. The summed E-state index contributed by atoms with van der Waals surface area (Å²) in [6, 6.07) is 2.04. The van der Waals surface area contributed by atoms with E-state index in [2.05, 4.69) is 25.7 Å². The van der Waals surface area contributed by atoms with Crippen LogP contribution in [0.5, 0.6) is 0 Å². The summed E-state index contributed by atoms with van der Waals surface area (Å²) in [7, 11) is 0. The van der Waals surface area contributed by atoms with Gasteiger partial charge in [0.2, 0.25) is 0 Å². The van der Waals surface area contributed by atoms with E-state index in [0.717, 1.165) is 16.8 Å². The smallest absolute Gasteiger partial charge is 0.290 e. The Morgan fingerprint density at radius 2 is 1.78 bits per heavy atom. The molecule has 15 heteroatoms. The van der Waals surface area contributed by atoms with Gasteiger partial charge in [0.25, 0.3) is 17.3 Å². The van der Waals surface area contributed by atoms with Crippen LogP contribution in [0.4, 0.5) is 11.4 Å². The first-order valence-corrected chi connectivity index (χ1v) is 5.12. The Morgan fingerprint density at radius 1 is 1.09 bits per heavy atom. The molecule has 0 aliphatic rings. The van der Waals surface area contributed by atoms with Crippen LogP contribution in [-0.2, 0) is 0 Å². The molecule has 0 aliphatic carbocycles. The van der Waals surface area contributed by atoms with E-state index >= 15 is 0 Å². The summed E-state index contributed by atoms with van der Waals surface area (Å²) in [5, 5.41) is 38.7. The van der Waals surface area contributed by atoms with Crippen molar-refractivity contribution >= 4 is 22.3 Å². The van der Waals surface area contributed by atoms with Crippen LogP contribution in [0.1, 0.15) is 0 Å². The lowest BCUT2D eigenvalue weighted by Crippen LogP contribution is -2.00. The molecule has 0 fully saturated rings. The van der Waals surface area contributed by atoms with Gasteiger partial charge in [-0.25, -0.2) is 0 Å². The van der Waals surface area contributed by atoms with Crippen molar-refractivity contribution in [2.75, 3.05) is 0 Å². The van der Waals surface area contributed by atoms with Gasteiger partial charge in [-0.2, -0.15) is 15.0 Å². The van der Waals surface area contributed by atoms with Gasteiger partial charge in [-0.05, 0) is 5.21 Å². The minimum Gasteiger partial charge on any atom is -0.412 e. The molecule has 15 nitrogen and oxygen atoms in total. The zero-order valence-electron chi connectivity index (χ0n) is 11.0. The number of H-pyrrole nitrogens is 1. The van der Waals surface area contributed by atoms with Crippen LogP contribution in [0.15, 0.2) is 18.3 Å². The SMILES string of the molecule is O.O.O.O=[N+]([O-])c1cc([N+](=O)[O-])c2cnn(-c3nn[nH]n3)c2c1. The highest BCUT2D eigenvalue weighted by molar-refractivity contribution is 5.91. The highest BCUT2D eigenvalue weighted by Crippen LogP contribution is 2.31. The van der Waals surface area contributed by atoms with E-state index in [1.165, 1.54) is 6.20 Å². The summed E-state index contributed by atoms with van der Waals surface area (Å²) in [5.41, 5.74) is -0.689. The van der Waals surface area contributed by atoms with E-state index in [1.54, 1.807) is 0 Å². The van der Waals surface area contributed by atoms with Gasteiger partial charge in [0, 0.05) is 6.07 Å². The molecule has 1 aromatic carbocycles. The number of benzene rings is 1. The Morgan fingerprint density at radius 3 is 2.30 bits per heavy atom. The minimum absolute atomic E-state index is 0. The molecule has 0 saturated carbocycles. The number of nitro groups is 2. The number of nitrogens with one attached hydrogen (secondary N) is 1. The topological polar surface area (TPSA) is 253 Å². The molecule has 124 valence electrons. The van der Waals surface area contributed by atoms with Crippen LogP contribution in [0.2, 0.25) is 0 Å². The maximum Gasteiger partial charge on any atom is 0.290 e. The van der Waals surface area contributed by atoms with Gasteiger partial charge in [0.1, 0.15) is 0 Å². The van der Waals surface area contributed by atoms with Crippen molar-refractivity contribution in [3.63, 3.8) is 0 Å². The highest BCUT2D eigenvalue weighted by Gasteiger charge is 2.23. The molecule has 0 radical (unpaired) electrons. The lowest BCUT2D eigenvalue weighted by molar-refractivity contribution is -0.393. The number of tetrazole rings is 1. The van der Waals surface area contributed by atoms with Crippen molar-refractivity contribution < 1.29 is 26.3 Å². The highest BCUT2D eigenvalue weighted by atomic mass is 16.6. The molecule has 0 bridgehead atoms. The number of rotatable bonds is 3. The average Bonchev–Trinajstić information content (AvgIpc) is 3.05. The molecule has 23 heavy (non-hydrogen) atoms. The molecule has 0 unspecified atom stereocenters. The molecule has 7 N–H and O–H groups in total. The van der Waals surface area contributed by atoms with Crippen LogP contribution >= 0.6 is 0 Å². The number of aromatic amines is 1. The number of fused-ring (bicyclic) bond motifs is 1. The van der Waals surface area contributed by atoms with Gasteiger partial charge >= 0.3 is 0 Å². The van der Waals surface area contributed by atoms with Crippen molar-refractivity contribution in [3.8, 4) is 5.95 Å². The van der Waals surface area contributed by atoms with Crippen LogP contribution in [0.25, 0.3) is 16.9 Å². The van der Waals surface area contributed by atoms with E-state index in [4.69, 9.17) is 0 Å². The number of hydrogen-bond donors (Lipinski definition) is 1. The zero-order chi connectivity index (χ0) is 14.3. The molecule has 0 amide bonds. The second kappa shape index (κ2) is 6.93. The summed E-state index contributed by atoms with van der Waals surface area (Å²) >= 11 is 0. The van der Waals surface area contributed by atoms with Crippen molar-refractivity contribution in [1.29, 1.82) is 0 Å². The summed E-state index contributed by atoms with van der Waals surface area (Å²) in [5.74, 6) is 0.0230. The molecule has 2 aromatic heterocycles. The number of hydrogen-bond acceptors (Lipinski definition) is 8. The fourth-order valence-corrected chi connectivity index (χ4v) is 1.76. The zero-order valence-corrected chi connectivity index (χ0v) is 11.0. The largest absolute Gasteiger partial charge is 0.412 e. The Labute approximate surface area is 124 Å². The predicted octanol–water partition coefficient (Wildman–Crippen LogP) is -2.12. The van der Waals surface area contributed by atoms with Crippen molar-refractivity contribution in [1.82, 2.24) is 30.4 Å². The molecule has 0 aliphatic heterocycles. The fraction of sp³-hybridized carbons (Fsp3) is 0. The van der Waals surface area contributed by atoms with Gasteiger partial charge in [-0.3, -0.25) is 20.2 Å². The third-order valence-electron chi connectivity index (χ3n) is 2.58. The van der Waals surface area contributed by atoms with Gasteiger partial charge in [-0.15, -0.1) is 5.10 Å². The second-order valence-electron chi connectivity index (χ2n) is 3.68. The van der Waals surface area contributed by atoms with Crippen LogP contribution in [0, 0.1) is 20.2 Å². The van der Waals surface area contributed by atoms with E-state index < -0.39 is 21.2 Å². The fourth-order valence-electron chi connectivity index (χ4n) is 1.76. The molecule has 0 atom stereocenters. The van der Waals surface area contributed by atoms with E-state index in [1.807, 2.05) is 0 Å². The predicted molar refractivity (Wildman–Crippen MR) is 73.0 cm³/mol. The van der Waals surface area contributed by atoms with Gasteiger partial charge in [-0.1, -0.05) is 5.10 Å². The Hall–Kier alpha value is -3.56. The Balaban J connectivity index is 0.00000161. The average molecular weight is 330 g/mol. The number of nitrogens with zero attached hydrogens (tertiary/aromatic N) is 7. The third kappa shape index (κ3) is 3.05.